The van der Waals surface area contributed by atoms with Crippen molar-refractivity contribution in [1.82, 2.24) is 5.32 Å². The van der Waals surface area contributed by atoms with Gasteiger partial charge in [-0.1, -0.05) is 6.92 Å². The van der Waals surface area contributed by atoms with Crippen LogP contribution < -0.4 is 11.1 Å². The summed E-state index contributed by atoms with van der Waals surface area (Å²) < 4.78 is 0. The number of hydrogen-bond donors (Lipinski definition) is 3. The molecule has 0 aliphatic carbocycles. The second kappa shape index (κ2) is 6.16. The van der Waals surface area contributed by atoms with Crippen LogP contribution in [0.4, 0.5) is 0 Å². The molecule has 1 aromatic carbocycles. The number of primary amides is 1. The Morgan fingerprint density at radius 2 is 1.78 bits per heavy atom. The Labute approximate surface area is 106 Å². The molecule has 5 nitrogen and oxygen atoms in total. The zero-order chi connectivity index (χ0) is 13.7. The third-order valence-electron chi connectivity index (χ3n) is 2.77. The Hall–Kier alpha value is -1.88. The van der Waals surface area contributed by atoms with Gasteiger partial charge in [0.15, 0.2) is 0 Å². The van der Waals surface area contributed by atoms with Crippen molar-refractivity contribution in [2.24, 2.45) is 5.73 Å². The van der Waals surface area contributed by atoms with Crippen molar-refractivity contribution in [2.45, 2.75) is 32.4 Å². The maximum absolute atomic E-state index is 11.9. The van der Waals surface area contributed by atoms with Crippen LogP contribution >= 0.6 is 0 Å². The van der Waals surface area contributed by atoms with Crippen LogP contribution in [-0.4, -0.2) is 29.1 Å². The van der Waals surface area contributed by atoms with Gasteiger partial charge in [0.1, 0.15) is 0 Å². The summed E-state index contributed by atoms with van der Waals surface area (Å²) in [4.78, 5) is 22.7. The van der Waals surface area contributed by atoms with Gasteiger partial charge in [-0.2, -0.15) is 0 Å². The predicted molar refractivity (Wildman–Crippen MR) is 68.2 cm³/mol. The van der Waals surface area contributed by atoms with Crippen molar-refractivity contribution in [1.29, 1.82) is 0 Å². The van der Waals surface area contributed by atoms with E-state index < -0.39 is 12.0 Å². The minimum Gasteiger partial charge on any atom is -0.391 e. The molecule has 0 saturated heterocycles. The Kier molecular flexibility index (Phi) is 4.85. The van der Waals surface area contributed by atoms with E-state index in [9.17, 15) is 14.7 Å². The number of hydrogen-bond acceptors (Lipinski definition) is 3. The molecule has 0 spiro atoms. The first kappa shape index (κ1) is 14.2. The summed E-state index contributed by atoms with van der Waals surface area (Å²) in [7, 11) is 0. The summed E-state index contributed by atoms with van der Waals surface area (Å²) >= 11 is 0. The van der Waals surface area contributed by atoms with E-state index in [0.717, 1.165) is 0 Å². The average molecular weight is 250 g/mol. The van der Waals surface area contributed by atoms with Gasteiger partial charge in [0.25, 0.3) is 5.91 Å². The topological polar surface area (TPSA) is 92.4 Å². The lowest BCUT2D eigenvalue weighted by Gasteiger charge is -2.19. The Morgan fingerprint density at radius 1 is 1.28 bits per heavy atom. The van der Waals surface area contributed by atoms with E-state index in [-0.39, 0.29) is 11.9 Å². The van der Waals surface area contributed by atoms with Crippen LogP contribution in [0.1, 0.15) is 41.0 Å². The van der Waals surface area contributed by atoms with Gasteiger partial charge >= 0.3 is 0 Å². The number of carbonyl (C=O) groups excluding carboxylic acids is 2. The monoisotopic (exact) mass is 250 g/mol. The van der Waals surface area contributed by atoms with E-state index in [0.29, 0.717) is 17.5 Å². The summed E-state index contributed by atoms with van der Waals surface area (Å²) in [6.07, 6.45) is 0.0341. The van der Waals surface area contributed by atoms with Crippen molar-refractivity contribution in [2.75, 3.05) is 0 Å². The maximum Gasteiger partial charge on any atom is 0.251 e. The lowest BCUT2D eigenvalue weighted by atomic mass is 10.1. The quantitative estimate of drug-likeness (QED) is 0.717. The molecule has 0 radical (unpaired) electrons. The number of nitrogens with two attached hydrogens (primary N) is 1. The number of nitrogens with one attached hydrogen (secondary N) is 1. The first-order valence-corrected chi connectivity index (χ1v) is 5.84. The van der Waals surface area contributed by atoms with Gasteiger partial charge < -0.3 is 16.2 Å². The van der Waals surface area contributed by atoms with E-state index in [2.05, 4.69) is 5.32 Å². The van der Waals surface area contributed by atoms with Crippen LogP contribution in [0, 0.1) is 0 Å². The van der Waals surface area contributed by atoms with Crippen molar-refractivity contribution >= 4 is 11.8 Å². The molecule has 2 atom stereocenters. The number of rotatable bonds is 5. The number of carbonyl (C=O) groups is 2. The summed E-state index contributed by atoms with van der Waals surface area (Å²) in [6.45, 7) is 3.51. The molecule has 0 unspecified atom stereocenters. The van der Waals surface area contributed by atoms with E-state index >= 15 is 0 Å². The molecule has 4 N–H and O–H groups in total. The summed E-state index contributed by atoms with van der Waals surface area (Å²) in [6, 6.07) is 5.78. The fourth-order valence-electron chi connectivity index (χ4n) is 1.60. The molecule has 0 saturated carbocycles. The number of benzene rings is 1. The van der Waals surface area contributed by atoms with Gasteiger partial charge in [-0.05, 0) is 37.6 Å². The highest BCUT2D eigenvalue weighted by Gasteiger charge is 2.16. The van der Waals surface area contributed by atoms with Crippen LogP contribution in [-0.2, 0) is 0 Å². The van der Waals surface area contributed by atoms with E-state index in [1.54, 1.807) is 6.92 Å². The molecule has 0 fully saturated rings. The van der Waals surface area contributed by atoms with Gasteiger partial charge in [-0.15, -0.1) is 0 Å². The van der Waals surface area contributed by atoms with Crippen molar-refractivity contribution in [3.63, 3.8) is 0 Å². The lowest BCUT2D eigenvalue weighted by molar-refractivity contribution is 0.0854. The first-order chi connectivity index (χ1) is 8.45. The Morgan fingerprint density at radius 3 is 2.17 bits per heavy atom. The fourth-order valence-corrected chi connectivity index (χ4v) is 1.60. The number of aliphatic hydroxyl groups excluding tert-OH is 1. The SMILES string of the molecule is CC[C@@H](NC(=O)c1ccc(C(N)=O)cc1)[C@H](C)O. The minimum atomic E-state index is -0.608. The van der Waals surface area contributed by atoms with E-state index in [4.69, 9.17) is 5.73 Å². The molecule has 0 bridgehead atoms. The second-order valence-electron chi connectivity index (χ2n) is 4.17. The summed E-state index contributed by atoms with van der Waals surface area (Å²) in [5.41, 5.74) is 5.89. The van der Waals surface area contributed by atoms with Gasteiger partial charge in [0.2, 0.25) is 5.91 Å². The van der Waals surface area contributed by atoms with Crippen molar-refractivity contribution in [3.8, 4) is 0 Å². The molecule has 5 heteroatoms. The highest BCUT2D eigenvalue weighted by Crippen LogP contribution is 2.06. The third-order valence-corrected chi connectivity index (χ3v) is 2.77. The standard InChI is InChI=1S/C13H18N2O3/c1-3-11(8(2)16)15-13(18)10-6-4-9(5-7-10)12(14)17/h4-8,11,16H,3H2,1-2H3,(H2,14,17)(H,15,18)/t8-,11+/m0/s1. The second-order valence-corrected chi connectivity index (χ2v) is 4.17. The molecular formula is C13H18N2O3. The van der Waals surface area contributed by atoms with Crippen molar-refractivity contribution in [3.05, 3.63) is 35.4 Å². The number of amides is 2. The molecule has 1 rings (SSSR count). The highest BCUT2D eigenvalue weighted by molar-refractivity contribution is 5.97. The smallest absolute Gasteiger partial charge is 0.251 e. The Balaban J connectivity index is 2.75. The molecule has 98 valence electrons. The minimum absolute atomic E-state index is 0.279. The molecule has 18 heavy (non-hydrogen) atoms. The number of aliphatic hydroxyl groups is 1. The fraction of sp³-hybridized carbons (Fsp3) is 0.385. The van der Waals surface area contributed by atoms with Gasteiger partial charge in [-0.25, -0.2) is 0 Å². The summed E-state index contributed by atoms with van der Waals surface area (Å²) in [5, 5.41) is 12.2. The van der Waals surface area contributed by atoms with E-state index in [1.807, 2.05) is 6.92 Å². The first-order valence-electron chi connectivity index (χ1n) is 5.84. The van der Waals surface area contributed by atoms with Crippen molar-refractivity contribution < 1.29 is 14.7 Å². The zero-order valence-corrected chi connectivity index (χ0v) is 10.5. The molecular weight excluding hydrogens is 232 g/mol. The van der Waals surface area contributed by atoms with Crippen LogP contribution in [0.5, 0.6) is 0 Å². The third kappa shape index (κ3) is 3.56. The Bertz CT molecular complexity index is 426. The van der Waals surface area contributed by atoms with Gasteiger partial charge in [-0.3, -0.25) is 9.59 Å². The molecule has 1 aromatic rings. The van der Waals surface area contributed by atoms with Gasteiger partial charge in [0.05, 0.1) is 12.1 Å². The van der Waals surface area contributed by atoms with Crippen LogP contribution in [0.3, 0.4) is 0 Å². The zero-order valence-electron chi connectivity index (χ0n) is 10.5. The predicted octanol–water partition coefficient (Wildman–Crippen LogP) is 0.675. The molecule has 0 aliphatic rings. The van der Waals surface area contributed by atoms with E-state index in [1.165, 1.54) is 24.3 Å². The molecule has 0 aromatic heterocycles. The maximum atomic E-state index is 11.9. The molecule has 0 aliphatic heterocycles. The normalized spacial score (nSPS) is 13.7. The van der Waals surface area contributed by atoms with Crippen LogP contribution in [0.25, 0.3) is 0 Å². The highest BCUT2D eigenvalue weighted by atomic mass is 16.3. The average Bonchev–Trinajstić information content (AvgIpc) is 2.35. The molecule has 0 heterocycles. The lowest BCUT2D eigenvalue weighted by Crippen LogP contribution is -2.41. The summed E-state index contributed by atoms with van der Waals surface area (Å²) in [5.74, 6) is -0.809. The van der Waals surface area contributed by atoms with Crippen LogP contribution in [0.2, 0.25) is 0 Å². The van der Waals surface area contributed by atoms with Crippen LogP contribution in [0.15, 0.2) is 24.3 Å². The largest absolute Gasteiger partial charge is 0.391 e. The molecule has 2 amide bonds. The van der Waals surface area contributed by atoms with Gasteiger partial charge in [0, 0.05) is 11.1 Å².